The van der Waals surface area contributed by atoms with Crippen LogP contribution in [0.3, 0.4) is 0 Å². The molecule has 0 bridgehead atoms. The highest BCUT2D eigenvalue weighted by Gasteiger charge is 2.57. The van der Waals surface area contributed by atoms with Gasteiger partial charge in [-0.25, -0.2) is 5.43 Å². The lowest BCUT2D eigenvalue weighted by Gasteiger charge is -2.37. The maximum atomic E-state index is 12.2. The van der Waals surface area contributed by atoms with Crippen LogP contribution in [0, 0.1) is 16.7 Å². The first-order valence-electron chi connectivity index (χ1n) is 6.58. The van der Waals surface area contributed by atoms with Crippen molar-refractivity contribution in [3.63, 3.8) is 0 Å². The van der Waals surface area contributed by atoms with Crippen molar-refractivity contribution in [2.75, 3.05) is 0 Å². The number of hydrogen-bond acceptors (Lipinski definition) is 6. The highest BCUT2D eigenvalue weighted by Crippen LogP contribution is 2.43. The van der Waals surface area contributed by atoms with Crippen molar-refractivity contribution in [2.45, 2.75) is 44.6 Å². The number of nitriles is 1. The number of hydrogen-bond donors (Lipinski definition) is 2. The lowest BCUT2D eigenvalue weighted by atomic mass is 9.68. The number of carbonyl (C=O) groups excluding carboxylic acids is 2. The maximum Gasteiger partial charge on any atom is 0.324 e. The molecule has 1 atom stereocenters. The van der Waals surface area contributed by atoms with Crippen LogP contribution in [0.2, 0.25) is 0 Å². The molecule has 1 unspecified atom stereocenters. The summed E-state index contributed by atoms with van der Waals surface area (Å²) in [5, 5.41) is 21.6. The number of esters is 1. The smallest absolute Gasteiger partial charge is 0.324 e. The SMILES string of the molecule is CC1(OC(=O)C2(C(=O)O)CCC2)C(=O)NN=C1CCC#N. The molecule has 2 aliphatic rings. The lowest BCUT2D eigenvalue weighted by Crippen LogP contribution is -2.53. The Morgan fingerprint density at radius 2 is 2.19 bits per heavy atom. The molecule has 1 heterocycles. The summed E-state index contributed by atoms with van der Waals surface area (Å²) in [4.78, 5) is 35.4. The van der Waals surface area contributed by atoms with E-state index in [2.05, 4.69) is 10.5 Å². The summed E-state index contributed by atoms with van der Waals surface area (Å²) in [6, 6.07) is 1.92. The summed E-state index contributed by atoms with van der Waals surface area (Å²) in [5.41, 5.74) is -0.780. The van der Waals surface area contributed by atoms with Gasteiger partial charge >= 0.3 is 11.9 Å². The normalized spacial score (nSPS) is 26.1. The fraction of sp³-hybridized carbons (Fsp3) is 0.615. The maximum absolute atomic E-state index is 12.2. The number of ether oxygens (including phenoxy) is 1. The van der Waals surface area contributed by atoms with Crippen LogP contribution in [0.25, 0.3) is 0 Å². The average molecular weight is 293 g/mol. The highest BCUT2D eigenvalue weighted by molar-refractivity contribution is 6.17. The quantitative estimate of drug-likeness (QED) is 0.555. The first-order valence-corrected chi connectivity index (χ1v) is 6.58. The largest absolute Gasteiger partial charge is 0.480 e. The van der Waals surface area contributed by atoms with Gasteiger partial charge in [-0.3, -0.25) is 14.4 Å². The van der Waals surface area contributed by atoms with E-state index in [1.54, 1.807) is 0 Å². The van der Waals surface area contributed by atoms with Crippen LogP contribution in [-0.2, 0) is 19.1 Å². The van der Waals surface area contributed by atoms with E-state index in [1.807, 2.05) is 6.07 Å². The van der Waals surface area contributed by atoms with Crippen molar-refractivity contribution in [1.29, 1.82) is 5.26 Å². The molecule has 0 saturated heterocycles. The van der Waals surface area contributed by atoms with Crippen molar-refractivity contribution in [3.8, 4) is 6.07 Å². The molecule has 1 fully saturated rings. The van der Waals surface area contributed by atoms with E-state index in [9.17, 15) is 19.5 Å². The van der Waals surface area contributed by atoms with E-state index in [0.717, 1.165) is 0 Å². The summed E-state index contributed by atoms with van der Waals surface area (Å²) >= 11 is 0. The van der Waals surface area contributed by atoms with Gasteiger partial charge in [0.2, 0.25) is 5.60 Å². The number of carboxylic acid groups (broad SMARTS) is 1. The molecular weight excluding hydrogens is 278 g/mol. The zero-order valence-electron chi connectivity index (χ0n) is 11.5. The molecule has 8 heteroatoms. The van der Waals surface area contributed by atoms with Crippen LogP contribution >= 0.6 is 0 Å². The highest BCUT2D eigenvalue weighted by atomic mass is 16.6. The van der Waals surface area contributed by atoms with Crippen molar-refractivity contribution in [2.24, 2.45) is 10.5 Å². The van der Waals surface area contributed by atoms with E-state index >= 15 is 0 Å². The predicted octanol–water partition coefficient (Wildman–Crippen LogP) is 0.333. The molecule has 1 saturated carbocycles. The van der Waals surface area contributed by atoms with Gasteiger partial charge in [0.25, 0.3) is 5.91 Å². The summed E-state index contributed by atoms with van der Waals surface area (Å²) in [7, 11) is 0. The number of nitrogens with zero attached hydrogens (tertiary/aromatic N) is 2. The third kappa shape index (κ3) is 2.24. The molecule has 2 rings (SSSR count). The monoisotopic (exact) mass is 293 g/mol. The van der Waals surface area contributed by atoms with Crippen molar-refractivity contribution in [3.05, 3.63) is 0 Å². The second kappa shape index (κ2) is 5.16. The average Bonchev–Trinajstić information content (AvgIpc) is 2.61. The Labute approximate surface area is 120 Å². The van der Waals surface area contributed by atoms with Crippen molar-refractivity contribution in [1.82, 2.24) is 5.43 Å². The molecule has 0 radical (unpaired) electrons. The number of carboxylic acids is 1. The summed E-state index contributed by atoms with van der Waals surface area (Å²) in [6.45, 7) is 1.36. The molecule has 1 aliphatic carbocycles. The number of aliphatic carboxylic acids is 1. The van der Waals surface area contributed by atoms with Gasteiger partial charge < -0.3 is 9.84 Å². The Morgan fingerprint density at radius 3 is 2.67 bits per heavy atom. The fourth-order valence-corrected chi connectivity index (χ4v) is 2.36. The minimum absolute atomic E-state index is 0.116. The third-order valence-electron chi connectivity index (χ3n) is 4.05. The summed E-state index contributed by atoms with van der Waals surface area (Å²) in [5.74, 6) is -2.80. The zero-order chi connectivity index (χ0) is 15.7. The topological polar surface area (TPSA) is 129 Å². The van der Waals surface area contributed by atoms with Gasteiger partial charge in [0, 0.05) is 12.8 Å². The Bertz CT molecular complexity index is 573. The Balaban J connectivity index is 2.18. The summed E-state index contributed by atoms with van der Waals surface area (Å²) in [6.07, 6.45) is 1.30. The molecule has 0 aromatic rings. The lowest BCUT2D eigenvalue weighted by molar-refractivity contribution is -0.183. The van der Waals surface area contributed by atoms with Gasteiger partial charge in [0.05, 0.1) is 11.8 Å². The molecule has 1 amide bonds. The van der Waals surface area contributed by atoms with Crippen LogP contribution in [0.15, 0.2) is 5.10 Å². The number of hydrazone groups is 1. The molecule has 8 nitrogen and oxygen atoms in total. The number of nitrogens with one attached hydrogen (secondary N) is 1. The van der Waals surface area contributed by atoms with E-state index in [4.69, 9.17) is 10.00 Å². The number of carbonyl (C=O) groups is 3. The predicted molar refractivity (Wildman–Crippen MR) is 68.8 cm³/mol. The van der Waals surface area contributed by atoms with E-state index in [1.165, 1.54) is 6.92 Å². The van der Waals surface area contributed by atoms with Crippen LogP contribution in [0.4, 0.5) is 0 Å². The second-order valence-corrected chi connectivity index (χ2v) is 5.32. The molecule has 21 heavy (non-hydrogen) atoms. The summed E-state index contributed by atoms with van der Waals surface area (Å²) < 4.78 is 5.22. The van der Waals surface area contributed by atoms with Crippen molar-refractivity contribution < 1.29 is 24.2 Å². The van der Waals surface area contributed by atoms with Crippen LogP contribution < -0.4 is 5.43 Å². The molecule has 2 N–H and O–H groups in total. The zero-order valence-corrected chi connectivity index (χ0v) is 11.5. The molecule has 0 aromatic carbocycles. The van der Waals surface area contributed by atoms with Gasteiger partial charge in [-0.1, -0.05) is 0 Å². The minimum Gasteiger partial charge on any atom is -0.480 e. The van der Waals surface area contributed by atoms with E-state index < -0.39 is 28.9 Å². The van der Waals surface area contributed by atoms with E-state index in [-0.39, 0.29) is 31.4 Å². The first kappa shape index (κ1) is 15.0. The molecule has 0 aromatic heterocycles. The van der Waals surface area contributed by atoms with Gasteiger partial charge in [-0.15, -0.1) is 0 Å². The van der Waals surface area contributed by atoms with Crippen LogP contribution in [-0.4, -0.2) is 34.3 Å². The van der Waals surface area contributed by atoms with E-state index in [0.29, 0.717) is 6.42 Å². The standard InChI is InChI=1S/C13H15N3O5/c1-12(8(4-2-7-14)15-16-9(12)17)21-11(20)13(10(18)19)5-3-6-13/h2-6H2,1H3,(H,16,17)(H,18,19). The first-order chi connectivity index (χ1) is 9.86. The van der Waals surface area contributed by atoms with Gasteiger partial charge in [-0.05, 0) is 26.2 Å². The Morgan fingerprint density at radius 1 is 1.52 bits per heavy atom. The third-order valence-corrected chi connectivity index (χ3v) is 4.05. The van der Waals surface area contributed by atoms with Gasteiger partial charge in [0.1, 0.15) is 0 Å². The second-order valence-electron chi connectivity index (χ2n) is 5.32. The van der Waals surface area contributed by atoms with Crippen LogP contribution in [0.5, 0.6) is 0 Å². The molecule has 1 aliphatic heterocycles. The number of rotatable bonds is 5. The Kier molecular flexibility index (Phi) is 3.68. The molecule has 112 valence electrons. The van der Waals surface area contributed by atoms with Crippen LogP contribution in [0.1, 0.15) is 39.0 Å². The minimum atomic E-state index is -1.65. The van der Waals surface area contributed by atoms with Gasteiger partial charge in [0.15, 0.2) is 5.41 Å². The Hall–Kier alpha value is -2.43. The number of amides is 1. The molecular formula is C13H15N3O5. The van der Waals surface area contributed by atoms with Gasteiger partial charge in [-0.2, -0.15) is 10.4 Å². The molecule has 0 spiro atoms. The fourth-order valence-electron chi connectivity index (χ4n) is 2.36. The van der Waals surface area contributed by atoms with Crippen molar-refractivity contribution >= 4 is 23.6 Å².